The maximum atomic E-state index is 4.51. The van der Waals surface area contributed by atoms with E-state index in [1.165, 1.54) is 5.56 Å². The van der Waals surface area contributed by atoms with Crippen LogP contribution in [0.5, 0.6) is 0 Å². The average Bonchev–Trinajstić information content (AvgIpc) is 3.16. The molecule has 0 saturated carbocycles. The van der Waals surface area contributed by atoms with Crippen LogP contribution in [0, 0.1) is 6.92 Å². The van der Waals surface area contributed by atoms with Gasteiger partial charge in [-0.25, -0.2) is 4.98 Å². The van der Waals surface area contributed by atoms with Crippen LogP contribution in [0.4, 0.5) is 0 Å². The highest BCUT2D eigenvalue weighted by Gasteiger charge is 2.25. The van der Waals surface area contributed by atoms with Gasteiger partial charge < -0.3 is 15.5 Å². The lowest BCUT2D eigenvalue weighted by molar-refractivity contribution is 0.0891. The summed E-state index contributed by atoms with van der Waals surface area (Å²) in [4.78, 5) is 13.9. The summed E-state index contributed by atoms with van der Waals surface area (Å²) in [5, 5.41) is 10.1. The number of nitrogens with zero attached hydrogens (tertiary/aromatic N) is 4. The summed E-state index contributed by atoms with van der Waals surface area (Å²) < 4.78 is 0. The molecule has 6 nitrogen and oxygen atoms in total. The third kappa shape index (κ3) is 7.79. The Morgan fingerprint density at radius 2 is 1.97 bits per heavy atom. The number of thiazole rings is 1. The molecule has 3 rings (SSSR count). The van der Waals surface area contributed by atoms with E-state index >= 15 is 0 Å². The number of aromatic nitrogens is 1. The maximum absolute atomic E-state index is 4.51. The lowest BCUT2D eigenvalue weighted by Gasteiger charge is -2.40. The molecule has 2 N–H and O–H groups in total. The molecule has 1 unspecified atom stereocenters. The minimum atomic E-state index is 0. The van der Waals surface area contributed by atoms with E-state index in [0.717, 1.165) is 68.8 Å². The molecular formula is C22H35IN6S. The van der Waals surface area contributed by atoms with E-state index in [0.29, 0.717) is 6.04 Å². The van der Waals surface area contributed by atoms with Gasteiger partial charge in [-0.15, -0.1) is 35.3 Å². The molecule has 8 heteroatoms. The van der Waals surface area contributed by atoms with Crippen molar-refractivity contribution in [2.75, 3.05) is 53.4 Å². The number of hydrogen-bond donors (Lipinski definition) is 2. The van der Waals surface area contributed by atoms with Gasteiger partial charge in [-0.05, 0) is 26.0 Å². The van der Waals surface area contributed by atoms with Gasteiger partial charge in [-0.1, -0.05) is 30.3 Å². The summed E-state index contributed by atoms with van der Waals surface area (Å²) in [5.41, 5.74) is 2.57. The quantitative estimate of drug-likeness (QED) is 0.233. The Labute approximate surface area is 202 Å². The van der Waals surface area contributed by atoms with Crippen LogP contribution in [0.1, 0.15) is 28.7 Å². The first-order valence-electron chi connectivity index (χ1n) is 10.5. The first kappa shape index (κ1) is 25.0. The van der Waals surface area contributed by atoms with Gasteiger partial charge in [0.1, 0.15) is 0 Å². The molecule has 1 saturated heterocycles. The number of piperazine rings is 1. The summed E-state index contributed by atoms with van der Waals surface area (Å²) >= 11 is 1.71. The molecule has 2 aromatic rings. The largest absolute Gasteiger partial charge is 0.356 e. The number of aliphatic imine (C=N–C) groups is 1. The average molecular weight is 543 g/mol. The zero-order valence-electron chi connectivity index (χ0n) is 18.3. The van der Waals surface area contributed by atoms with Crippen molar-refractivity contribution >= 4 is 41.3 Å². The van der Waals surface area contributed by atoms with Crippen molar-refractivity contribution in [2.24, 2.45) is 4.99 Å². The zero-order valence-corrected chi connectivity index (χ0v) is 21.5. The second-order valence-corrected chi connectivity index (χ2v) is 8.67. The van der Waals surface area contributed by atoms with Crippen molar-refractivity contribution in [1.29, 1.82) is 0 Å². The maximum Gasteiger partial charge on any atom is 0.190 e. The molecule has 0 aliphatic carbocycles. The topological polar surface area (TPSA) is 55.8 Å². The van der Waals surface area contributed by atoms with Gasteiger partial charge in [-0.3, -0.25) is 9.89 Å². The van der Waals surface area contributed by atoms with Crippen molar-refractivity contribution in [3.8, 4) is 0 Å². The molecule has 166 valence electrons. The highest BCUT2D eigenvalue weighted by Crippen LogP contribution is 2.24. The van der Waals surface area contributed by atoms with Crippen LogP contribution >= 0.6 is 35.3 Å². The molecule has 1 aromatic carbocycles. The van der Waals surface area contributed by atoms with Crippen molar-refractivity contribution < 1.29 is 0 Å². The molecule has 1 atom stereocenters. The summed E-state index contributed by atoms with van der Waals surface area (Å²) in [6.07, 6.45) is 2.02. The molecule has 1 aliphatic rings. The van der Waals surface area contributed by atoms with Gasteiger partial charge in [0.15, 0.2) is 5.96 Å². The number of nitrogens with one attached hydrogen (secondary N) is 2. The third-order valence-electron chi connectivity index (χ3n) is 5.36. The van der Waals surface area contributed by atoms with E-state index in [-0.39, 0.29) is 24.0 Å². The van der Waals surface area contributed by atoms with Crippen molar-refractivity contribution in [2.45, 2.75) is 25.8 Å². The molecule has 30 heavy (non-hydrogen) atoms. The Morgan fingerprint density at radius 1 is 1.20 bits per heavy atom. The van der Waals surface area contributed by atoms with E-state index in [1.807, 2.05) is 14.0 Å². The van der Waals surface area contributed by atoms with Crippen LogP contribution in [0.25, 0.3) is 0 Å². The molecule has 2 heterocycles. The molecule has 0 amide bonds. The second kappa shape index (κ2) is 13.2. The molecule has 1 fully saturated rings. The molecule has 0 spiro atoms. The lowest BCUT2D eigenvalue weighted by Crippen LogP contribution is -2.47. The SMILES string of the molecule is CN=C(NCCCN1CCN(C)CC1c1ccccc1)NCCc1csc(C)n1.I. The number of benzene rings is 1. The van der Waals surface area contributed by atoms with Gasteiger partial charge >= 0.3 is 0 Å². The zero-order chi connectivity index (χ0) is 20.5. The highest BCUT2D eigenvalue weighted by atomic mass is 127. The Morgan fingerprint density at radius 3 is 2.67 bits per heavy atom. The second-order valence-electron chi connectivity index (χ2n) is 7.61. The fourth-order valence-corrected chi connectivity index (χ4v) is 4.40. The Bertz CT molecular complexity index is 766. The summed E-state index contributed by atoms with van der Waals surface area (Å²) in [7, 11) is 4.05. The lowest BCUT2D eigenvalue weighted by atomic mass is 10.0. The number of hydrogen-bond acceptors (Lipinski definition) is 5. The number of likely N-dealkylation sites (N-methyl/N-ethyl adjacent to an activating group) is 1. The fraction of sp³-hybridized carbons (Fsp3) is 0.545. The van der Waals surface area contributed by atoms with Gasteiger partial charge in [0.05, 0.1) is 10.7 Å². The van der Waals surface area contributed by atoms with Crippen molar-refractivity contribution in [1.82, 2.24) is 25.4 Å². The van der Waals surface area contributed by atoms with Crippen LogP contribution < -0.4 is 10.6 Å². The monoisotopic (exact) mass is 542 g/mol. The van der Waals surface area contributed by atoms with Crippen LogP contribution in [0.15, 0.2) is 40.7 Å². The molecule has 1 aromatic heterocycles. The van der Waals surface area contributed by atoms with Crippen molar-refractivity contribution in [3.63, 3.8) is 0 Å². The summed E-state index contributed by atoms with van der Waals surface area (Å²) in [6, 6.07) is 11.4. The van der Waals surface area contributed by atoms with E-state index < -0.39 is 0 Å². The normalized spacial score (nSPS) is 18.1. The van der Waals surface area contributed by atoms with E-state index in [1.54, 1.807) is 11.3 Å². The predicted molar refractivity (Wildman–Crippen MR) is 138 cm³/mol. The Kier molecular flexibility index (Phi) is 11.0. The minimum Gasteiger partial charge on any atom is -0.356 e. The molecule has 0 bridgehead atoms. The van der Waals surface area contributed by atoms with Gasteiger partial charge in [0.25, 0.3) is 0 Å². The van der Waals surface area contributed by atoms with Crippen LogP contribution in [0.3, 0.4) is 0 Å². The van der Waals surface area contributed by atoms with Gasteiger partial charge in [0.2, 0.25) is 0 Å². The van der Waals surface area contributed by atoms with Gasteiger partial charge in [-0.2, -0.15) is 0 Å². The van der Waals surface area contributed by atoms with Crippen LogP contribution in [0.2, 0.25) is 0 Å². The predicted octanol–water partition coefficient (Wildman–Crippen LogP) is 3.16. The minimum absolute atomic E-state index is 0. The number of rotatable bonds is 8. The van der Waals surface area contributed by atoms with E-state index in [4.69, 9.17) is 0 Å². The first-order chi connectivity index (χ1) is 14.2. The smallest absolute Gasteiger partial charge is 0.190 e. The Balaban J connectivity index is 0.00000320. The molecule has 0 radical (unpaired) electrons. The third-order valence-corrected chi connectivity index (χ3v) is 6.18. The van der Waals surface area contributed by atoms with Gasteiger partial charge in [0, 0.05) is 64.2 Å². The van der Waals surface area contributed by atoms with Crippen LogP contribution in [-0.2, 0) is 6.42 Å². The van der Waals surface area contributed by atoms with Crippen molar-refractivity contribution in [3.05, 3.63) is 52.0 Å². The van der Waals surface area contributed by atoms with Crippen LogP contribution in [-0.4, -0.2) is 74.1 Å². The highest BCUT2D eigenvalue weighted by molar-refractivity contribution is 14.0. The summed E-state index contributed by atoms with van der Waals surface area (Å²) in [5.74, 6) is 0.870. The van der Waals surface area contributed by atoms with E-state index in [9.17, 15) is 0 Å². The molecule has 1 aliphatic heterocycles. The standard InChI is InChI=1S/C22H34N6S.HI/c1-18-26-20(17-29-18)10-12-25-22(23-2)24-11-7-13-28-15-14-27(3)16-21(28)19-8-5-4-6-9-19;/h4-6,8-9,17,21H,7,10-16H2,1-3H3,(H2,23,24,25);1H. The first-order valence-corrected chi connectivity index (χ1v) is 11.4. The number of aryl methyl sites for hydroxylation is 1. The molecular weight excluding hydrogens is 507 g/mol. The number of halogens is 1. The number of guanidine groups is 1. The Hall–Kier alpha value is -1.23. The fourth-order valence-electron chi connectivity index (χ4n) is 3.76. The van der Waals surface area contributed by atoms with E-state index in [2.05, 4.69) is 73.2 Å². The summed E-state index contributed by atoms with van der Waals surface area (Å²) in [6.45, 7) is 8.25.